The van der Waals surface area contributed by atoms with Gasteiger partial charge in [-0.05, 0) is 85.9 Å². The average molecular weight is 616 g/mol. The van der Waals surface area contributed by atoms with Gasteiger partial charge in [0.25, 0.3) is 0 Å². The average Bonchev–Trinajstić information content (AvgIpc) is 2.95. The molecular formula is C32H45N3O5S2. The first-order chi connectivity index (χ1) is 19.9. The molecule has 10 heteroatoms. The maximum atomic E-state index is 12.4. The van der Waals surface area contributed by atoms with Gasteiger partial charge in [0.2, 0.25) is 20.0 Å². The van der Waals surface area contributed by atoms with E-state index in [1.807, 2.05) is 12.2 Å². The van der Waals surface area contributed by atoms with Crippen molar-refractivity contribution in [3.05, 3.63) is 83.0 Å². The van der Waals surface area contributed by atoms with Crippen molar-refractivity contribution in [2.75, 3.05) is 50.2 Å². The van der Waals surface area contributed by atoms with Crippen molar-refractivity contribution in [2.45, 2.75) is 58.0 Å². The van der Waals surface area contributed by atoms with Crippen LogP contribution in [0.15, 0.2) is 77.4 Å². The second-order valence-corrected chi connectivity index (χ2v) is 15.5. The summed E-state index contributed by atoms with van der Waals surface area (Å²) in [5.41, 5.74) is 6.40. The van der Waals surface area contributed by atoms with E-state index in [0.29, 0.717) is 22.6 Å². The summed E-state index contributed by atoms with van der Waals surface area (Å²) in [4.78, 5) is 4.91. The number of aliphatic hydroxyl groups excluding tert-OH is 1. The van der Waals surface area contributed by atoms with Gasteiger partial charge in [-0.1, -0.05) is 52.3 Å². The first kappa shape index (κ1) is 32.4. The second kappa shape index (κ2) is 13.9. The first-order valence-corrected chi connectivity index (χ1v) is 18.5. The van der Waals surface area contributed by atoms with Crippen LogP contribution in [0, 0.1) is 0 Å². The zero-order valence-corrected chi connectivity index (χ0v) is 26.9. The van der Waals surface area contributed by atoms with Crippen molar-refractivity contribution in [1.29, 1.82) is 0 Å². The van der Waals surface area contributed by atoms with E-state index in [1.54, 1.807) is 6.08 Å². The fraction of sp³-hybridized carbons (Fsp3) is 0.500. The summed E-state index contributed by atoms with van der Waals surface area (Å²) < 4.78 is 50.2. The van der Waals surface area contributed by atoms with Crippen molar-refractivity contribution in [3.8, 4) is 0 Å². The molecule has 1 atom stereocenters. The normalized spacial score (nSPS) is 21.0. The molecule has 230 valence electrons. The molecule has 0 amide bonds. The highest BCUT2D eigenvalue weighted by Crippen LogP contribution is 2.38. The summed E-state index contributed by atoms with van der Waals surface area (Å²) in [6.45, 7) is 8.57. The molecule has 3 aliphatic rings. The van der Waals surface area contributed by atoms with Crippen LogP contribution >= 0.6 is 0 Å². The van der Waals surface area contributed by atoms with E-state index < -0.39 is 26.1 Å². The van der Waals surface area contributed by atoms with Gasteiger partial charge < -0.3 is 10.0 Å². The molecule has 1 fully saturated rings. The summed E-state index contributed by atoms with van der Waals surface area (Å²) in [7, 11) is -7.96. The Kier molecular flexibility index (Phi) is 10.7. The third-order valence-corrected chi connectivity index (χ3v) is 11.6. The second-order valence-electron chi connectivity index (χ2n) is 11.6. The Bertz CT molecular complexity index is 1450. The lowest BCUT2D eigenvalue weighted by Crippen LogP contribution is -2.48. The molecule has 1 aliphatic heterocycles. The molecule has 2 aliphatic carbocycles. The molecule has 42 heavy (non-hydrogen) atoms. The van der Waals surface area contributed by atoms with Crippen molar-refractivity contribution >= 4 is 31.3 Å². The predicted octanol–water partition coefficient (Wildman–Crippen LogP) is 4.50. The van der Waals surface area contributed by atoms with E-state index in [4.69, 9.17) is 0 Å². The molecule has 1 N–H and O–H groups in total. The fourth-order valence-corrected chi connectivity index (χ4v) is 9.31. The van der Waals surface area contributed by atoms with Crippen molar-refractivity contribution in [2.24, 2.45) is 0 Å². The highest BCUT2D eigenvalue weighted by Gasteiger charge is 2.34. The fourth-order valence-electron chi connectivity index (χ4n) is 6.05. The molecular weight excluding hydrogens is 571 g/mol. The zero-order valence-electron chi connectivity index (χ0n) is 25.2. The molecule has 4 rings (SSSR count). The SMILES string of the molecule is CC(C)N1CCN(c2ccc(/C(C3=CCC(N(S(C)(=O)=O)S(C)(=O)=O)C=C3)=C(/CCCO)C3=CCCC=C3)cc2)CC1. The van der Waals surface area contributed by atoms with Crippen LogP contribution in [0.1, 0.15) is 51.5 Å². The quantitative estimate of drug-likeness (QED) is 0.392. The number of hydrogen-bond acceptors (Lipinski definition) is 7. The first-order valence-electron chi connectivity index (χ1n) is 14.8. The lowest BCUT2D eigenvalue weighted by Gasteiger charge is -2.38. The standard InChI is InChI=1S/C32H45N3O5S2/c1-25(2)33-20-22-34(23-21-33)29-16-12-27(13-17-29)32(31(11-8-24-36)26-9-6-5-7-10-26)28-14-18-30(19-15-28)35(41(3,37)38)42(4,39)40/h6,9-10,12-18,25,30,36H,5,7-8,11,19-24H2,1-4H3/b32-31+. The summed E-state index contributed by atoms with van der Waals surface area (Å²) in [5, 5.41) is 9.74. The van der Waals surface area contributed by atoms with Gasteiger partial charge in [0, 0.05) is 44.5 Å². The van der Waals surface area contributed by atoms with Crippen LogP contribution in [-0.2, 0) is 20.0 Å². The molecule has 0 radical (unpaired) electrons. The molecule has 1 aromatic carbocycles. The van der Waals surface area contributed by atoms with Gasteiger partial charge in [-0.25, -0.2) is 16.8 Å². The monoisotopic (exact) mass is 615 g/mol. The lowest BCUT2D eigenvalue weighted by molar-refractivity contribution is 0.209. The summed E-state index contributed by atoms with van der Waals surface area (Å²) in [5.74, 6) is 0. The third kappa shape index (κ3) is 7.90. The number of aliphatic hydroxyl groups is 1. The third-order valence-electron chi connectivity index (χ3n) is 8.09. The number of allylic oxidation sites excluding steroid dienone is 8. The van der Waals surface area contributed by atoms with Gasteiger partial charge in [-0.15, -0.1) is 0 Å². The smallest absolute Gasteiger partial charge is 0.224 e. The highest BCUT2D eigenvalue weighted by molar-refractivity contribution is 8.03. The van der Waals surface area contributed by atoms with Crippen LogP contribution in [-0.4, -0.2) is 87.9 Å². The number of benzene rings is 1. The molecule has 1 heterocycles. The minimum atomic E-state index is -3.98. The number of anilines is 1. The van der Waals surface area contributed by atoms with Crippen molar-refractivity contribution in [1.82, 2.24) is 8.61 Å². The molecule has 1 saturated heterocycles. The Morgan fingerprint density at radius 3 is 2.10 bits per heavy atom. The highest BCUT2D eigenvalue weighted by atomic mass is 32.3. The van der Waals surface area contributed by atoms with Gasteiger partial charge in [-0.2, -0.15) is 0 Å². The molecule has 0 saturated carbocycles. The van der Waals surface area contributed by atoms with Gasteiger partial charge in [0.05, 0.1) is 18.6 Å². The topological polar surface area (TPSA) is 98.2 Å². The molecule has 8 nitrogen and oxygen atoms in total. The number of hydrogen-bond donors (Lipinski definition) is 1. The van der Waals surface area contributed by atoms with E-state index in [1.165, 1.54) is 5.69 Å². The number of rotatable bonds is 11. The van der Waals surface area contributed by atoms with Gasteiger partial charge >= 0.3 is 0 Å². The Balaban J connectivity index is 1.73. The Labute approximate surface area is 252 Å². The molecule has 1 aromatic rings. The molecule has 0 spiro atoms. The molecule has 0 bridgehead atoms. The summed E-state index contributed by atoms with van der Waals surface area (Å²) in [6, 6.07) is 8.35. The van der Waals surface area contributed by atoms with Crippen molar-refractivity contribution in [3.63, 3.8) is 0 Å². The maximum absolute atomic E-state index is 12.4. The van der Waals surface area contributed by atoms with E-state index in [0.717, 1.165) is 79.4 Å². The van der Waals surface area contributed by atoms with E-state index in [2.05, 4.69) is 66.1 Å². The van der Waals surface area contributed by atoms with Gasteiger partial charge in [0.15, 0.2) is 0 Å². The number of sulfonamides is 2. The summed E-state index contributed by atoms with van der Waals surface area (Å²) >= 11 is 0. The van der Waals surface area contributed by atoms with Gasteiger partial charge in [-0.3, -0.25) is 4.90 Å². The van der Waals surface area contributed by atoms with E-state index in [-0.39, 0.29) is 13.0 Å². The summed E-state index contributed by atoms with van der Waals surface area (Å²) in [6.07, 6.45) is 17.3. The van der Waals surface area contributed by atoms with Crippen LogP contribution in [0.4, 0.5) is 5.69 Å². The zero-order chi connectivity index (χ0) is 30.5. The number of piperazine rings is 1. The van der Waals surface area contributed by atoms with Crippen LogP contribution < -0.4 is 4.90 Å². The van der Waals surface area contributed by atoms with E-state index in [9.17, 15) is 21.9 Å². The lowest BCUT2D eigenvalue weighted by atomic mass is 9.83. The molecule has 1 unspecified atom stereocenters. The minimum Gasteiger partial charge on any atom is -0.396 e. The van der Waals surface area contributed by atoms with Crippen molar-refractivity contribution < 1.29 is 21.9 Å². The van der Waals surface area contributed by atoms with Crippen LogP contribution in [0.2, 0.25) is 0 Å². The Morgan fingerprint density at radius 1 is 0.929 bits per heavy atom. The van der Waals surface area contributed by atoms with E-state index >= 15 is 0 Å². The van der Waals surface area contributed by atoms with Crippen LogP contribution in [0.3, 0.4) is 0 Å². The minimum absolute atomic E-state index is 0.0731. The number of nitrogens with zero attached hydrogens (tertiary/aromatic N) is 3. The largest absolute Gasteiger partial charge is 0.396 e. The molecule has 0 aromatic heterocycles. The maximum Gasteiger partial charge on any atom is 0.224 e. The Hall–Kier alpha value is -2.50. The van der Waals surface area contributed by atoms with Gasteiger partial charge in [0.1, 0.15) is 0 Å². The Morgan fingerprint density at radius 2 is 1.60 bits per heavy atom. The van der Waals surface area contributed by atoms with Crippen LogP contribution in [0.25, 0.3) is 5.57 Å². The van der Waals surface area contributed by atoms with Crippen LogP contribution in [0.5, 0.6) is 0 Å². The predicted molar refractivity (Wildman–Crippen MR) is 172 cm³/mol.